The van der Waals surface area contributed by atoms with Gasteiger partial charge in [0.25, 0.3) is 0 Å². The molecule has 1 unspecified atom stereocenters. The average Bonchev–Trinajstić information content (AvgIpc) is 3.01. The van der Waals surface area contributed by atoms with E-state index in [2.05, 4.69) is 28.7 Å². The van der Waals surface area contributed by atoms with E-state index in [0.717, 1.165) is 31.8 Å². The maximum atomic E-state index is 12.5. The minimum absolute atomic E-state index is 0.117. The van der Waals surface area contributed by atoms with Crippen molar-refractivity contribution in [1.82, 2.24) is 14.9 Å². The third-order valence-corrected chi connectivity index (χ3v) is 5.77. The highest BCUT2D eigenvalue weighted by atomic mass is 16.1. The Morgan fingerprint density at radius 1 is 1.32 bits per heavy atom. The minimum Gasteiger partial charge on any atom is -0.355 e. The van der Waals surface area contributed by atoms with Crippen molar-refractivity contribution < 1.29 is 4.79 Å². The molecule has 2 heterocycles. The Morgan fingerprint density at radius 3 is 2.86 bits per heavy atom. The molecule has 4 nitrogen and oxygen atoms in total. The zero-order chi connectivity index (χ0) is 15.6. The molecule has 1 N–H and O–H groups in total. The molecule has 0 spiro atoms. The van der Waals surface area contributed by atoms with Crippen LogP contribution in [0.1, 0.15) is 58.1 Å². The molecule has 3 rings (SSSR count). The first-order chi connectivity index (χ1) is 10.6. The lowest BCUT2D eigenvalue weighted by Crippen LogP contribution is -2.43. The predicted molar refractivity (Wildman–Crippen MR) is 87.4 cm³/mol. The lowest BCUT2D eigenvalue weighted by atomic mass is 9.71. The number of fused-ring (bicyclic) bond motifs is 1. The quantitative estimate of drug-likeness (QED) is 0.928. The van der Waals surface area contributed by atoms with Gasteiger partial charge in [0.1, 0.15) is 0 Å². The molecule has 0 saturated heterocycles. The number of aromatic nitrogens is 2. The second-order valence-electron chi connectivity index (χ2n) is 7.81. The molecule has 1 aromatic rings. The molecule has 2 aliphatic rings. The van der Waals surface area contributed by atoms with E-state index in [1.165, 1.54) is 37.8 Å². The van der Waals surface area contributed by atoms with Gasteiger partial charge in [-0.15, -0.1) is 0 Å². The van der Waals surface area contributed by atoms with Crippen molar-refractivity contribution in [2.75, 3.05) is 6.54 Å². The maximum Gasteiger partial charge on any atom is 0.223 e. The fraction of sp³-hybridized carbons (Fsp3) is 0.778. The molecule has 1 atom stereocenters. The highest BCUT2D eigenvalue weighted by Crippen LogP contribution is 2.37. The van der Waals surface area contributed by atoms with E-state index in [4.69, 9.17) is 0 Å². The zero-order valence-electron chi connectivity index (χ0n) is 14.0. The van der Waals surface area contributed by atoms with Crippen molar-refractivity contribution in [2.24, 2.45) is 17.3 Å². The van der Waals surface area contributed by atoms with Gasteiger partial charge in [-0.05, 0) is 30.6 Å². The molecule has 0 radical (unpaired) electrons. The van der Waals surface area contributed by atoms with Crippen LogP contribution in [-0.2, 0) is 17.8 Å². The Hall–Kier alpha value is -1.32. The second kappa shape index (κ2) is 6.43. The van der Waals surface area contributed by atoms with Crippen LogP contribution in [0.2, 0.25) is 0 Å². The van der Waals surface area contributed by atoms with Gasteiger partial charge in [0.2, 0.25) is 5.91 Å². The Morgan fingerprint density at radius 2 is 2.09 bits per heavy atom. The van der Waals surface area contributed by atoms with Gasteiger partial charge in [-0.1, -0.05) is 33.1 Å². The second-order valence-corrected chi connectivity index (χ2v) is 7.81. The smallest absolute Gasteiger partial charge is 0.223 e. The Balaban J connectivity index is 1.52. The lowest BCUT2D eigenvalue weighted by Gasteiger charge is -2.37. The molecule has 1 aromatic heterocycles. The number of carbonyl (C=O) groups is 1. The number of amides is 1. The number of hydrogen-bond acceptors (Lipinski definition) is 2. The number of nitrogens with one attached hydrogen (secondary N) is 1. The van der Waals surface area contributed by atoms with E-state index in [1.807, 2.05) is 12.5 Å². The largest absolute Gasteiger partial charge is 0.355 e. The molecule has 122 valence electrons. The first-order valence-corrected chi connectivity index (χ1v) is 8.83. The van der Waals surface area contributed by atoms with Crippen LogP contribution < -0.4 is 5.32 Å². The van der Waals surface area contributed by atoms with Crippen LogP contribution in [0.3, 0.4) is 0 Å². The molecule has 0 aromatic carbocycles. The molecule has 1 saturated carbocycles. The number of aryl methyl sites for hydroxylation is 1. The molecular weight excluding hydrogens is 274 g/mol. The fourth-order valence-corrected chi connectivity index (χ4v) is 4.08. The first kappa shape index (κ1) is 15.6. The van der Waals surface area contributed by atoms with Crippen LogP contribution in [0.5, 0.6) is 0 Å². The van der Waals surface area contributed by atoms with Gasteiger partial charge in [-0.25, -0.2) is 4.98 Å². The molecule has 4 heteroatoms. The summed E-state index contributed by atoms with van der Waals surface area (Å²) in [6.07, 6.45) is 12.3. The molecule has 1 aliphatic carbocycles. The highest BCUT2D eigenvalue weighted by Gasteiger charge is 2.32. The predicted octanol–water partition coefficient (Wildman–Crippen LogP) is 3.17. The minimum atomic E-state index is 0.117. The van der Waals surface area contributed by atoms with Crippen molar-refractivity contribution in [3.05, 3.63) is 18.2 Å². The van der Waals surface area contributed by atoms with Gasteiger partial charge in [0, 0.05) is 37.3 Å². The maximum absolute atomic E-state index is 12.5. The average molecular weight is 303 g/mol. The van der Waals surface area contributed by atoms with Gasteiger partial charge < -0.3 is 9.88 Å². The Labute approximate surface area is 133 Å². The van der Waals surface area contributed by atoms with Gasteiger partial charge in [0.05, 0.1) is 6.33 Å². The van der Waals surface area contributed by atoms with Crippen LogP contribution in [0.25, 0.3) is 0 Å². The fourth-order valence-electron chi connectivity index (χ4n) is 4.08. The van der Waals surface area contributed by atoms with Crippen LogP contribution in [0, 0.1) is 17.3 Å². The normalized spacial score (nSPS) is 23.1. The monoisotopic (exact) mass is 303 g/mol. The van der Waals surface area contributed by atoms with E-state index < -0.39 is 0 Å². The summed E-state index contributed by atoms with van der Waals surface area (Å²) in [6.45, 7) is 6.37. The van der Waals surface area contributed by atoms with Crippen molar-refractivity contribution in [1.29, 1.82) is 0 Å². The van der Waals surface area contributed by atoms with Crippen LogP contribution in [0.4, 0.5) is 0 Å². The summed E-state index contributed by atoms with van der Waals surface area (Å²) in [5.41, 5.74) is 1.41. The summed E-state index contributed by atoms with van der Waals surface area (Å²) in [7, 11) is 0. The van der Waals surface area contributed by atoms with Gasteiger partial charge in [0.15, 0.2) is 0 Å². The van der Waals surface area contributed by atoms with E-state index in [0.29, 0.717) is 0 Å². The number of imidazole rings is 1. The summed E-state index contributed by atoms with van der Waals surface area (Å²) in [5, 5.41) is 3.24. The summed E-state index contributed by atoms with van der Waals surface area (Å²) in [5.74, 6) is 1.11. The molecule has 1 amide bonds. The van der Waals surface area contributed by atoms with E-state index in [9.17, 15) is 4.79 Å². The molecular formula is C18H29N3O. The van der Waals surface area contributed by atoms with Gasteiger partial charge >= 0.3 is 0 Å². The summed E-state index contributed by atoms with van der Waals surface area (Å²) >= 11 is 0. The zero-order valence-corrected chi connectivity index (χ0v) is 14.0. The van der Waals surface area contributed by atoms with Crippen molar-refractivity contribution >= 4 is 5.91 Å². The molecule has 22 heavy (non-hydrogen) atoms. The first-order valence-electron chi connectivity index (χ1n) is 8.83. The molecule has 1 fully saturated rings. The van der Waals surface area contributed by atoms with Crippen LogP contribution in [-0.4, -0.2) is 22.0 Å². The molecule has 0 bridgehead atoms. The van der Waals surface area contributed by atoms with Crippen LogP contribution >= 0.6 is 0 Å². The standard InChI is InChI=1S/C18H29N3O/c1-18(2,15-6-4-3-5-7-15)12-20-17(22)14-8-9-21-13-19-11-16(21)10-14/h11,13-15H,3-10,12H2,1-2H3,(H,20,22). The van der Waals surface area contributed by atoms with Crippen molar-refractivity contribution in [3.8, 4) is 0 Å². The Bertz CT molecular complexity index is 514. The van der Waals surface area contributed by atoms with Gasteiger partial charge in [-0.2, -0.15) is 0 Å². The number of hydrogen-bond donors (Lipinski definition) is 1. The van der Waals surface area contributed by atoms with Crippen molar-refractivity contribution in [2.45, 2.75) is 65.3 Å². The summed E-state index contributed by atoms with van der Waals surface area (Å²) < 4.78 is 2.16. The third kappa shape index (κ3) is 3.36. The lowest BCUT2D eigenvalue weighted by molar-refractivity contribution is -0.126. The van der Waals surface area contributed by atoms with Gasteiger partial charge in [-0.3, -0.25) is 4.79 Å². The van der Waals surface area contributed by atoms with Crippen LogP contribution in [0.15, 0.2) is 12.5 Å². The van der Waals surface area contributed by atoms with E-state index in [1.54, 1.807) is 0 Å². The van der Waals surface area contributed by atoms with Crippen molar-refractivity contribution in [3.63, 3.8) is 0 Å². The van der Waals surface area contributed by atoms with E-state index >= 15 is 0 Å². The number of carbonyl (C=O) groups excluding carboxylic acids is 1. The topological polar surface area (TPSA) is 46.9 Å². The SMILES string of the molecule is CC(C)(CNC(=O)C1CCn2cncc2C1)C1CCCCC1. The molecule has 1 aliphatic heterocycles. The number of nitrogens with zero attached hydrogens (tertiary/aromatic N) is 2. The third-order valence-electron chi connectivity index (χ3n) is 5.77. The summed E-state index contributed by atoms with van der Waals surface area (Å²) in [4.78, 5) is 16.7. The Kier molecular flexibility index (Phi) is 4.55. The van der Waals surface area contributed by atoms with E-state index in [-0.39, 0.29) is 17.2 Å². The highest BCUT2D eigenvalue weighted by molar-refractivity contribution is 5.79. The summed E-state index contributed by atoms with van der Waals surface area (Å²) in [6, 6.07) is 0. The number of rotatable bonds is 4.